The fraction of sp³-hybridized carbons (Fsp3) is 0.500. The zero-order chi connectivity index (χ0) is 11.0. The highest BCUT2D eigenvalue weighted by Crippen LogP contribution is 2.29. The molecule has 16 heavy (non-hydrogen) atoms. The Morgan fingerprint density at radius 1 is 1.12 bits per heavy atom. The Hall–Kier alpha value is -1.09. The van der Waals surface area contributed by atoms with Crippen molar-refractivity contribution in [2.24, 2.45) is 0 Å². The summed E-state index contributed by atoms with van der Waals surface area (Å²) in [5, 5.41) is 0.367. The van der Waals surface area contributed by atoms with Gasteiger partial charge in [-0.05, 0) is 43.4 Å². The summed E-state index contributed by atoms with van der Waals surface area (Å²) >= 11 is 5.96. The lowest BCUT2D eigenvalue weighted by Gasteiger charge is -2.29. The Morgan fingerprint density at radius 3 is 2.75 bits per heavy atom. The largest absolute Gasteiger partial charge is 0.356 e. The molecule has 0 unspecified atom stereocenters. The SMILES string of the molecule is Clc1nc2c(c(N3CCCCC3)n1)CC=C2. The summed E-state index contributed by atoms with van der Waals surface area (Å²) in [5.74, 6) is 1.06. The fourth-order valence-corrected chi connectivity index (χ4v) is 2.62. The number of rotatable bonds is 1. The summed E-state index contributed by atoms with van der Waals surface area (Å²) in [5.41, 5.74) is 2.24. The molecule has 2 aliphatic rings. The summed E-state index contributed by atoms with van der Waals surface area (Å²) < 4.78 is 0. The molecule has 84 valence electrons. The quantitative estimate of drug-likeness (QED) is 0.701. The highest BCUT2D eigenvalue weighted by atomic mass is 35.5. The molecule has 0 N–H and O–H groups in total. The molecular weight excluding hydrogens is 222 g/mol. The maximum absolute atomic E-state index is 5.96. The number of halogens is 1. The zero-order valence-electron chi connectivity index (χ0n) is 9.12. The standard InChI is InChI=1S/C12H14ClN3/c13-12-14-10-6-4-5-9(10)11(15-12)16-7-2-1-3-8-16/h4,6H,1-3,5,7-8H2. The molecule has 0 aromatic carbocycles. The van der Waals surface area contributed by atoms with Crippen LogP contribution >= 0.6 is 11.6 Å². The number of anilines is 1. The van der Waals surface area contributed by atoms with E-state index >= 15 is 0 Å². The van der Waals surface area contributed by atoms with Crippen LogP contribution in [0.15, 0.2) is 6.08 Å². The lowest BCUT2D eigenvalue weighted by molar-refractivity contribution is 0.571. The minimum atomic E-state index is 0.367. The van der Waals surface area contributed by atoms with Gasteiger partial charge in [-0.1, -0.05) is 6.08 Å². The molecule has 0 spiro atoms. The van der Waals surface area contributed by atoms with Crippen molar-refractivity contribution in [3.05, 3.63) is 22.6 Å². The van der Waals surface area contributed by atoms with Crippen LogP contribution in [-0.4, -0.2) is 23.1 Å². The van der Waals surface area contributed by atoms with E-state index in [0.29, 0.717) is 5.28 Å². The number of nitrogens with zero attached hydrogens (tertiary/aromatic N) is 3. The van der Waals surface area contributed by atoms with Gasteiger partial charge in [-0.25, -0.2) is 9.97 Å². The van der Waals surface area contributed by atoms with Gasteiger partial charge in [0, 0.05) is 18.7 Å². The van der Waals surface area contributed by atoms with Gasteiger partial charge in [-0.2, -0.15) is 0 Å². The predicted molar refractivity (Wildman–Crippen MR) is 65.8 cm³/mol. The maximum Gasteiger partial charge on any atom is 0.224 e. The molecule has 0 saturated carbocycles. The summed E-state index contributed by atoms with van der Waals surface area (Å²) in [6, 6.07) is 0. The van der Waals surface area contributed by atoms with E-state index in [1.54, 1.807) is 0 Å². The van der Waals surface area contributed by atoms with Crippen LogP contribution in [0.5, 0.6) is 0 Å². The van der Waals surface area contributed by atoms with Crippen molar-refractivity contribution in [3.63, 3.8) is 0 Å². The number of piperidine rings is 1. The number of aromatic nitrogens is 2. The van der Waals surface area contributed by atoms with Gasteiger partial charge >= 0.3 is 0 Å². The number of allylic oxidation sites excluding steroid dienone is 1. The van der Waals surface area contributed by atoms with Crippen LogP contribution in [0.1, 0.15) is 30.5 Å². The van der Waals surface area contributed by atoms with E-state index in [1.807, 2.05) is 6.08 Å². The minimum absolute atomic E-state index is 0.367. The Morgan fingerprint density at radius 2 is 1.94 bits per heavy atom. The molecular formula is C12H14ClN3. The van der Waals surface area contributed by atoms with E-state index in [4.69, 9.17) is 11.6 Å². The first kappa shape index (κ1) is 10.1. The average Bonchev–Trinajstić information content (AvgIpc) is 2.77. The molecule has 0 atom stereocenters. The third-order valence-corrected chi connectivity index (χ3v) is 3.41. The molecule has 1 fully saturated rings. The van der Waals surface area contributed by atoms with Crippen LogP contribution in [-0.2, 0) is 6.42 Å². The van der Waals surface area contributed by atoms with Crippen LogP contribution in [0.4, 0.5) is 5.82 Å². The van der Waals surface area contributed by atoms with Crippen LogP contribution < -0.4 is 4.90 Å². The Balaban J connectivity index is 2.00. The van der Waals surface area contributed by atoms with Gasteiger partial charge < -0.3 is 4.90 Å². The molecule has 3 rings (SSSR count). The van der Waals surface area contributed by atoms with Gasteiger partial charge in [0.25, 0.3) is 0 Å². The molecule has 1 aliphatic carbocycles. The highest BCUT2D eigenvalue weighted by molar-refractivity contribution is 6.28. The molecule has 0 bridgehead atoms. The van der Waals surface area contributed by atoms with Gasteiger partial charge in [0.15, 0.2) is 0 Å². The van der Waals surface area contributed by atoms with Crippen LogP contribution in [0.3, 0.4) is 0 Å². The summed E-state index contributed by atoms with van der Waals surface area (Å²) in [4.78, 5) is 11.0. The van der Waals surface area contributed by atoms with Crippen LogP contribution in [0, 0.1) is 0 Å². The van der Waals surface area contributed by atoms with Crippen LogP contribution in [0.25, 0.3) is 6.08 Å². The molecule has 1 aromatic rings. The molecule has 4 heteroatoms. The van der Waals surface area contributed by atoms with Gasteiger partial charge in [0.2, 0.25) is 5.28 Å². The molecule has 3 nitrogen and oxygen atoms in total. The normalized spacial score (nSPS) is 18.9. The smallest absolute Gasteiger partial charge is 0.224 e. The third kappa shape index (κ3) is 1.69. The highest BCUT2D eigenvalue weighted by Gasteiger charge is 2.20. The molecule has 0 radical (unpaired) electrons. The first-order valence-electron chi connectivity index (χ1n) is 5.82. The first-order valence-corrected chi connectivity index (χ1v) is 6.20. The van der Waals surface area contributed by atoms with E-state index in [-0.39, 0.29) is 0 Å². The number of fused-ring (bicyclic) bond motifs is 1. The lowest BCUT2D eigenvalue weighted by Crippen LogP contribution is -2.31. The third-order valence-electron chi connectivity index (χ3n) is 3.24. The fourth-order valence-electron chi connectivity index (χ4n) is 2.45. The van der Waals surface area contributed by atoms with Crippen molar-refractivity contribution in [3.8, 4) is 0 Å². The Kier molecular flexibility index (Phi) is 2.56. The topological polar surface area (TPSA) is 29.0 Å². The summed E-state index contributed by atoms with van der Waals surface area (Å²) in [6.45, 7) is 2.19. The van der Waals surface area contributed by atoms with E-state index < -0.39 is 0 Å². The van der Waals surface area contributed by atoms with E-state index in [1.165, 1.54) is 24.8 Å². The van der Waals surface area contributed by atoms with Gasteiger partial charge in [0.1, 0.15) is 5.82 Å². The predicted octanol–water partition coefficient (Wildman–Crippen LogP) is 2.69. The summed E-state index contributed by atoms with van der Waals surface area (Å²) in [6.07, 6.45) is 8.95. The van der Waals surface area contributed by atoms with Crippen molar-refractivity contribution in [1.29, 1.82) is 0 Å². The second kappa shape index (κ2) is 4.06. The van der Waals surface area contributed by atoms with E-state index in [0.717, 1.165) is 31.0 Å². The molecule has 1 aliphatic heterocycles. The second-order valence-electron chi connectivity index (χ2n) is 4.33. The Bertz CT molecular complexity index is 436. The Labute approximate surface area is 100 Å². The number of hydrogen-bond donors (Lipinski definition) is 0. The van der Waals surface area contributed by atoms with Gasteiger partial charge in [-0.15, -0.1) is 0 Å². The van der Waals surface area contributed by atoms with Crippen molar-refractivity contribution in [2.45, 2.75) is 25.7 Å². The van der Waals surface area contributed by atoms with E-state index in [9.17, 15) is 0 Å². The minimum Gasteiger partial charge on any atom is -0.356 e. The molecule has 1 saturated heterocycles. The van der Waals surface area contributed by atoms with Crippen molar-refractivity contribution in [1.82, 2.24) is 9.97 Å². The zero-order valence-corrected chi connectivity index (χ0v) is 9.87. The lowest BCUT2D eigenvalue weighted by atomic mass is 10.1. The monoisotopic (exact) mass is 235 g/mol. The molecule has 0 amide bonds. The molecule has 2 heterocycles. The van der Waals surface area contributed by atoms with Gasteiger partial charge in [0.05, 0.1) is 5.69 Å². The summed E-state index contributed by atoms with van der Waals surface area (Å²) in [7, 11) is 0. The first-order chi connectivity index (χ1) is 7.84. The van der Waals surface area contributed by atoms with Crippen molar-refractivity contribution < 1.29 is 0 Å². The van der Waals surface area contributed by atoms with Gasteiger partial charge in [-0.3, -0.25) is 0 Å². The number of hydrogen-bond acceptors (Lipinski definition) is 3. The van der Waals surface area contributed by atoms with Crippen molar-refractivity contribution >= 4 is 23.5 Å². The maximum atomic E-state index is 5.96. The molecule has 1 aromatic heterocycles. The van der Waals surface area contributed by atoms with E-state index in [2.05, 4.69) is 20.9 Å². The van der Waals surface area contributed by atoms with Crippen LogP contribution in [0.2, 0.25) is 5.28 Å². The second-order valence-corrected chi connectivity index (χ2v) is 4.67. The van der Waals surface area contributed by atoms with Crippen molar-refractivity contribution in [2.75, 3.05) is 18.0 Å². The average molecular weight is 236 g/mol.